The zero-order valence-corrected chi connectivity index (χ0v) is 12.4. The molecular formula is C13H20ClNO2S. The molecule has 0 amide bonds. The molecule has 18 heavy (non-hydrogen) atoms. The van der Waals surface area contributed by atoms with E-state index in [0.29, 0.717) is 16.3 Å². The van der Waals surface area contributed by atoms with Crippen LogP contribution < -0.4 is 5.32 Å². The van der Waals surface area contributed by atoms with E-state index in [1.165, 1.54) is 6.07 Å². The molecule has 0 saturated carbocycles. The SMILES string of the molecule is CCCNC(C)CCS(=O)(=O)c1cccc(Cl)c1. The van der Waals surface area contributed by atoms with E-state index in [9.17, 15) is 8.42 Å². The molecule has 102 valence electrons. The van der Waals surface area contributed by atoms with Crippen molar-refractivity contribution in [2.24, 2.45) is 0 Å². The molecule has 0 aliphatic rings. The zero-order chi connectivity index (χ0) is 13.6. The van der Waals surface area contributed by atoms with Crippen LogP contribution in [0.1, 0.15) is 26.7 Å². The average molecular weight is 290 g/mol. The van der Waals surface area contributed by atoms with Crippen molar-refractivity contribution < 1.29 is 8.42 Å². The monoisotopic (exact) mass is 289 g/mol. The second-order valence-corrected chi connectivity index (χ2v) is 6.97. The van der Waals surface area contributed by atoms with E-state index in [0.717, 1.165) is 13.0 Å². The van der Waals surface area contributed by atoms with Crippen molar-refractivity contribution in [2.75, 3.05) is 12.3 Å². The molecule has 1 rings (SSSR count). The molecule has 0 aliphatic carbocycles. The van der Waals surface area contributed by atoms with Crippen LogP contribution in [0.25, 0.3) is 0 Å². The van der Waals surface area contributed by atoms with Crippen LogP contribution >= 0.6 is 11.6 Å². The van der Waals surface area contributed by atoms with Crippen molar-refractivity contribution in [2.45, 2.75) is 37.6 Å². The fourth-order valence-electron chi connectivity index (χ4n) is 1.60. The lowest BCUT2D eigenvalue weighted by Crippen LogP contribution is -2.28. The number of hydrogen-bond acceptors (Lipinski definition) is 3. The Bertz CT molecular complexity index is 474. The van der Waals surface area contributed by atoms with E-state index in [1.807, 2.05) is 6.92 Å². The number of halogens is 1. The van der Waals surface area contributed by atoms with Gasteiger partial charge < -0.3 is 5.32 Å². The quantitative estimate of drug-likeness (QED) is 0.839. The molecular weight excluding hydrogens is 270 g/mol. The Morgan fingerprint density at radius 3 is 2.72 bits per heavy atom. The number of hydrogen-bond donors (Lipinski definition) is 1. The number of sulfone groups is 1. The van der Waals surface area contributed by atoms with Gasteiger partial charge in [-0.2, -0.15) is 0 Å². The summed E-state index contributed by atoms with van der Waals surface area (Å²) in [5.74, 6) is 0.144. The first-order valence-electron chi connectivity index (χ1n) is 6.17. The van der Waals surface area contributed by atoms with Crippen molar-refractivity contribution in [3.63, 3.8) is 0 Å². The molecule has 1 unspecified atom stereocenters. The molecule has 1 aromatic carbocycles. The van der Waals surface area contributed by atoms with E-state index in [1.54, 1.807) is 18.2 Å². The van der Waals surface area contributed by atoms with Crippen LogP contribution in [-0.4, -0.2) is 26.8 Å². The Morgan fingerprint density at radius 1 is 1.39 bits per heavy atom. The van der Waals surface area contributed by atoms with Gasteiger partial charge in [0.2, 0.25) is 0 Å². The van der Waals surface area contributed by atoms with Crippen molar-refractivity contribution in [3.8, 4) is 0 Å². The molecule has 0 spiro atoms. The molecule has 0 aromatic heterocycles. The third kappa shape index (κ3) is 4.96. The minimum Gasteiger partial charge on any atom is -0.314 e. The van der Waals surface area contributed by atoms with Crippen molar-refractivity contribution in [1.29, 1.82) is 0 Å². The van der Waals surface area contributed by atoms with Crippen LogP contribution in [0.15, 0.2) is 29.2 Å². The van der Waals surface area contributed by atoms with Gasteiger partial charge in [0.15, 0.2) is 9.84 Å². The normalized spacial score (nSPS) is 13.5. The molecule has 3 nitrogen and oxygen atoms in total. The molecule has 5 heteroatoms. The first-order valence-corrected chi connectivity index (χ1v) is 8.20. The van der Waals surface area contributed by atoms with E-state index in [-0.39, 0.29) is 11.8 Å². The van der Waals surface area contributed by atoms with Crippen LogP contribution in [0.2, 0.25) is 5.02 Å². The Morgan fingerprint density at radius 2 is 2.11 bits per heavy atom. The highest BCUT2D eigenvalue weighted by Gasteiger charge is 2.16. The van der Waals surface area contributed by atoms with E-state index < -0.39 is 9.84 Å². The molecule has 0 bridgehead atoms. The Kier molecular flexibility index (Phi) is 6.12. The second-order valence-electron chi connectivity index (χ2n) is 4.42. The zero-order valence-electron chi connectivity index (χ0n) is 10.8. The van der Waals surface area contributed by atoms with E-state index >= 15 is 0 Å². The predicted molar refractivity (Wildman–Crippen MR) is 75.9 cm³/mol. The summed E-state index contributed by atoms with van der Waals surface area (Å²) >= 11 is 5.81. The largest absolute Gasteiger partial charge is 0.314 e. The maximum Gasteiger partial charge on any atom is 0.178 e. The maximum absolute atomic E-state index is 12.1. The van der Waals surface area contributed by atoms with E-state index in [4.69, 9.17) is 11.6 Å². The summed E-state index contributed by atoms with van der Waals surface area (Å²) in [5.41, 5.74) is 0. The first kappa shape index (κ1) is 15.5. The van der Waals surface area contributed by atoms with Crippen LogP contribution in [-0.2, 0) is 9.84 Å². The van der Waals surface area contributed by atoms with Gasteiger partial charge in [-0.1, -0.05) is 24.6 Å². The van der Waals surface area contributed by atoms with E-state index in [2.05, 4.69) is 12.2 Å². The molecule has 0 aliphatic heterocycles. The fraction of sp³-hybridized carbons (Fsp3) is 0.538. The van der Waals surface area contributed by atoms with Gasteiger partial charge in [-0.3, -0.25) is 0 Å². The minimum absolute atomic E-state index is 0.144. The average Bonchev–Trinajstić information content (AvgIpc) is 2.34. The summed E-state index contributed by atoms with van der Waals surface area (Å²) < 4.78 is 24.2. The Labute approximate surface area is 114 Å². The summed E-state index contributed by atoms with van der Waals surface area (Å²) in [6.07, 6.45) is 1.65. The lowest BCUT2D eigenvalue weighted by molar-refractivity contribution is 0.525. The number of nitrogens with one attached hydrogen (secondary N) is 1. The second kappa shape index (κ2) is 7.12. The highest BCUT2D eigenvalue weighted by Crippen LogP contribution is 2.17. The number of benzene rings is 1. The lowest BCUT2D eigenvalue weighted by atomic mass is 10.2. The molecule has 1 aromatic rings. The van der Waals surface area contributed by atoms with Crippen molar-refractivity contribution in [3.05, 3.63) is 29.3 Å². The molecule has 1 atom stereocenters. The van der Waals surface area contributed by atoms with Crippen molar-refractivity contribution in [1.82, 2.24) is 5.32 Å². The first-order chi connectivity index (χ1) is 8.45. The van der Waals surface area contributed by atoms with Crippen LogP contribution in [0, 0.1) is 0 Å². The molecule has 0 heterocycles. The summed E-state index contributed by atoms with van der Waals surface area (Å²) in [6.45, 7) is 5.00. The predicted octanol–water partition coefficient (Wildman–Crippen LogP) is 2.89. The highest BCUT2D eigenvalue weighted by molar-refractivity contribution is 7.91. The lowest BCUT2D eigenvalue weighted by Gasteiger charge is -2.13. The van der Waals surface area contributed by atoms with Gasteiger partial charge in [0.25, 0.3) is 0 Å². The van der Waals surface area contributed by atoms with Crippen LogP contribution in [0.3, 0.4) is 0 Å². The standard InChI is InChI=1S/C13H20ClNO2S/c1-3-8-15-11(2)7-9-18(16,17)13-6-4-5-12(14)10-13/h4-6,10-11,15H,3,7-9H2,1-2H3. The molecule has 1 N–H and O–H groups in total. The summed E-state index contributed by atoms with van der Waals surface area (Å²) in [6, 6.07) is 6.63. The smallest absolute Gasteiger partial charge is 0.178 e. The van der Waals surface area contributed by atoms with Gasteiger partial charge >= 0.3 is 0 Å². The molecule has 0 saturated heterocycles. The summed E-state index contributed by atoms with van der Waals surface area (Å²) in [5, 5.41) is 3.73. The summed E-state index contributed by atoms with van der Waals surface area (Å²) in [4.78, 5) is 0.303. The van der Waals surface area contributed by atoms with Gasteiger partial charge in [-0.15, -0.1) is 0 Å². The fourth-order valence-corrected chi connectivity index (χ4v) is 3.35. The van der Waals surface area contributed by atoms with Gasteiger partial charge in [0.05, 0.1) is 10.6 Å². The minimum atomic E-state index is -3.23. The van der Waals surface area contributed by atoms with Gasteiger partial charge in [-0.25, -0.2) is 8.42 Å². The Balaban J connectivity index is 2.60. The summed E-state index contributed by atoms with van der Waals surface area (Å²) in [7, 11) is -3.23. The van der Waals surface area contributed by atoms with Gasteiger partial charge in [0.1, 0.15) is 0 Å². The third-order valence-corrected chi connectivity index (χ3v) is 4.70. The third-order valence-electron chi connectivity index (χ3n) is 2.72. The Hall–Kier alpha value is -0.580. The molecule has 0 fully saturated rings. The van der Waals surface area contributed by atoms with Gasteiger partial charge in [-0.05, 0) is 44.5 Å². The van der Waals surface area contributed by atoms with Crippen LogP contribution in [0.4, 0.5) is 0 Å². The highest BCUT2D eigenvalue weighted by atomic mass is 35.5. The van der Waals surface area contributed by atoms with Gasteiger partial charge in [0, 0.05) is 11.1 Å². The maximum atomic E-state index is 12.1. The van der Waals surface area contributed by atoms with Crippen molar-refractivity contribution >= 4 is 21.4 Å². The topological polar surface area (TPSA) is 46.2 Å². The van der Waals surface area contributed by atoms with Crippen LogP contribution in [0.5, 0.6) is 0 Å². The molecule has 0 radical (unpaired) electrons. The number of rotatable bonds is 7.